The average Bonchev–Trinajstić information content (AvgIpc) is 3.89. The Balaban J connectivity index is 0.000000165. The Morgan fingerprint density at radius 1 is 0.980 bits per heavy atom. The van der Waals surface area contributed by atoms with Gasteiger partial charge in [0.15, 0.2) is 5.69 Å². The van der Waals surface area contributed by atoms with Gasteiger partial charge in [-0.25, -0.2) is 4.85 Å². The molecule has 2 aromatic rings. The maximum atomic E-state index is 10.8. The molecular weight excluding hydrogens is 628 g/mol. The van der Waals surface area contributed by atoms with Crippen LogP contribution in [0.15, 0.2) is 62.7 Å². The molecule has 7 rings (SSSR count). The van der Waals surface area contributed by atoms with Crippen LogP contribution in [0.3, 0.4) is 0 Å². The summed E-state index contributed by atoms with van der Waals surface area (Å²) < 4.78 is 5.94. The molecule has 0 saturated carbocycles. The fraction of sp³-hybridized carbons (Fsp3) is 0.579. The summed E-state index contributed by atoms with van der Waals surface area (Å²) in [6, 6.07) is 10.4. The van der Waals surface area contributed by atoms with Crippen LogP contribution >= 0.6 is 0 Å². The van der Waals surface area contributed by atoms with Gasteiger partial charge in [-0.15, -0.1) is 0 Å². The molecule has 12 heteroatoms. The summed E-state index contributed by atoms with van der Waals surface area (Å²) in [5.41, 5.74) is 1.99. The van der Waals surface area contributed by atoms with E-state index in [0.717, 1.165) is 81.2 Å². The minimum absolute atomic E-state index is 0.225. The van der Waals surface area contributed by atoms with E-state index in [1.165, 1.54) is 11.4 Å². The van der Waals surface area contributed by atoms with Gasteiger partial charge in [-0.05, 0) is 86.1 Å². The number of pyridine rings is 1. The van der Waals surface area contributed by atoms with Crippen LogP contribution in [0, 0.1) is 6.57 Å². The maximum absolute atomic E-state index is 10.8. The van der Waals surface area contributed by atoms with Crippen molar-refractivity contribution in [1.82, 2.24) is 25.0 Å². The second-order valence-corrected chi connectivity index (χ2v) is 14.0. The lowest BCUT2D eigenvalue weighted by molar-refractivity contribution is -0.0802. The van der Waals surface area contributed by atoms with Crippen molar-refractivity contribution >= 4 is 29.0 Å². The number of aliphatic hydroxyl groups excluding tert-OH is 1. The fourth-order valence-electron chi connectivity index (χ4n) is 6.50. The van der Waals surface area contributed by atoms with Crippen LogP contribution in [-0.4, -0.2) is 118 Å². The van der Waals surface area contributed by atoms with Gasteiger partial charge in [-0.3, -0.25) is 25.0 Å². The zero-order valence-corrected chi connectivity index (χ0v) is 31.4. The first-order valence-electron chi connectivity index (χ1n) is 17.7. The Labute approximate surface area is 298 Å². The number of benzene rings is 1. The molecule has 5 aliphatic rings. The number of aromatic nitrogens is 1. The standard InChI is InChI=1S/C16H19N3O2.C10H13N3.C7H14N2.C5H10N2/c1-10-18-7-8-19(10)14-12-9-11(17-4)5-6-13(12)21-16(2,3)15(14)20;1-9-12-5-6-13(9)8-10-3-2-4-11-7-10;1-6(2)9-5-4-8-7(9)3;1-4-3-6-5(2)7-4/h5-6,9,14-15,20H,7-8H2,1-3H3;2-4,7H,5-6,8H2,1H3;6H,4-5H2,1-3H3;4H,3H2,1-2H3,(H,6,7). The highest BCUT2D eigenvalue weighted by Gasteiger charge is 2.46. The number of aliphatic imine (C=N–C) groups is 4. The van der Waals surface area contributed by atoms with Crippen LogP contribution in [0.4, 0.5) is 5.69 Å². The van der Waals surface area contributed by atoms with E-state index in [-0.39, 0.29) is 6.04 Å². The molecule has 270 valence electrons. The Morgan fingerprint density at radius 3 is 2.16 bits per heavy atom. The minimum atomic E-state index is -0.686. The van der Waals surface area contributed by atoms with Crippen molar-refractivity contribution < 1.29 is 9.84 Å². The lowest BCUT2D eigenvalue weighted by Crippen LogP contribution is -2.54. The molecule has 3 atom stereocenters. The molecule has 0 radical (unpaired) electrons. The highest BCUT2D eigenvalue weighted by Crippen LogP contribution is 2.44. The van der Waals surface area contributed by atoms with Crippen LogP contribution in [-0.2, 0) is 6.54 Å². The van der Waals surface area contributed by atoms with E-state index in [2.05, 4.69) is 90.5 Å². The second-order valence-electron chi connectivity index (χ2n) is 14.0. The summed E-state index contributed by atoms with van der Waals surface area (Å²) >= 11 is 0. The Kier molecular flexibility index (Phi) is 13.4. The summed E-state index contributed by atoms with van der Waals surface area (Å²) in [6.45, 7) is 33.1. The second kappa shape index (κ2) is 17.4. The van der Waals surface area contributed by atoms with Crippen LogP contribution in [0.1, 0.15) is 79.5 Å². The highest BCUT2D eigenvalue weighted by atomic mass is 16.5. The van der Waals surface area contributed by atoms with E-state index in [4.69, 9.17) is 11.3 Å². The van der Waals surface area contributed by atoms with Gasteiger partial charge < -0.3 is 29.9 Å². The Hall–Kier alpha value is -4.50. The molecule has 0 amide bonds. The van der Waals surface area contributed by atoms with E-state index in [1.807, 2.05) is 52.1 Å². The van der Waals surface area contributed by atoms with Gasteiger partial charge in [-0.1, -0.05) is 12.1 Å². The largest absolute Gasteiger partial charge is 0.485 e. The number of fused-ring (bicyclic) bond motifs is 1. The number of nitrogens with one attached hydrogen (secondary N) is 1. The van der Waals surface area contributed by atoms with Crippen molar-refractivity contribution in [2.75, 3.05) is 45.8 Å². The van der Waals surface area contributed by atoms with Crippen molar-refractivity contribution in [3.8, 4) is 5.75 Å². The summed E-state index contributed by atoms with van der Waals surface area (Å²) in [6.07, 6.45) is 3.02. The molecule has 1 aromatic carbocycles. The van der Waals surface area contributed by atoms with Gasteiger partial charge >= 0.3 is 0 Å². The van der Waals surface area contributed by atoms with E-state index < -0.39 is 11.7 Å². The number of ether oxygens (including phenoxy) is 1. The van der Waals surface area contributed by atoms with Crippen LogP contribution < -0.4 is 10.1 Å². The topological polar surface area (TPSA) is 118 Å². The van der Waals surface area contributed by atoms with Gasteiger partial charge in [0.05, 0.1) is 62.1 Å². The number of aliphatic hydroxyl groups is 1. The third kappa shape index (κ3) is 10.0. The first kappa shape index (κ1) is 38.3. The average molecular weight is 685 g/mol. The quantitative estimate of drug-likeness (QED) is 0.415. The Morgan fingerprint density at radius 2 is 1.68 bits per heavy atom. The summed E-state index contributed by atoms with van der Waals surface area (Å²) in [4.78, 5) is 31.4. The Bertz CT molecular complexity index is 1590. The van der Waals surface area contributed by atoms with Gasteiger partial charge in [0.25, 0.3) is 0 Å². The SMILES string of the molecule is CC1=NCC(C)N1.CC1=NCCN1C(C)C.CC1=NCCN1Cc1cccnc1.[C-]#[N+]c1ccc2c(c1)C(N1CCN=C1C)C(O)C(C)(C)O2. The molecule has 0 bridgehead atoms. The smallest absolute Gasteiger partial charge is 0.187 e. The first-order valence-corrected chi connectivity index (χ1v) is 17.7. The van der Waals surface area contributed by atoms with E-state index >= 15 is 0 Å². The number of hydrogen-bond donors (Lipinski definition) is 2. The number of nitrogens with zero attached hydrogens (tertiary/aromatic N) is 9. The van der Waals surface area contributed by atoms with E-state index in [9.17, 15) is 5.11 Å². The predicted octanol–water partition coefficient (Wildman–Crippen LogP) is 5.39. The van der Waals surface area contributed by atoms with Crippen LogP contribution in [0.2, 0.25) is 0 Å². The molecule has 0 aliphatic carbocycles. The molecule has 2 N–H and O–H groups in total. The lowest BCUT2D eigenvalue weighted by atomic mass is 9.85. The van der Waals surface area contributed by atoms with Gasteiger partial charge in [-0.2, -0.15) is 0 Å². The summed E-state index contributed by atoms with van der Waals surface area (Å²) in [5, 5.41) is 14.0. The van der Waals surface area contributed by atoms with Crippen molar-refractivity contribution in [1.29, 1.82) is 0 Å². The highest BCUT2D eigenvalue weighted by molar-refractivity contribution is 5.83. The molecule has 12 nitrogen and oxygen atoms in total. The summed E-state index contributed by atoms with van der Waals surface area (Å²) in [5.74, 6) is 5.08. The predicted molar refractivity (Wildman–Crippen MR) is 204 cm³/mol. The fourth-order valence-corrected chi connectivity index (χ4v) is 6.50. The van der Waals surface area contributed by atoms with Gasteiger partial charge in [0, 0.05) is 56.2 Å². The van der Waals surface area contributed by atoms with Crippen LogP contribution in [0.5, 0.6) is 5.75 Å². The monoisotopic (exact) mass is 684 g/mol. The molecule has 0 saturated heterocycles. The summed E-state index contributed by atoms with van der Waals surface area (Å²) in [7, 11) is 0. The van der Waals surface area contributed by atoms with Crippen LogP contribution in [0.25, 0.3) is 4.85 Å². The third-order valence-electron chi connectivity index (χ3n) is 9.30. The zero-order valence-electron chi connectivity index (χ0n) is 31.4. The van der Waals surface area contributed by atoms with E-state index in [0.29, 0.717) is 17.8 Å². The van der Waals surface area contributed by atoms with Gasteiger partial charge in [0.1, 0.15) is 17.5 Å². The van der Waals surface area contributed by atoms with Crippen molar-refractivity contribution in [2.45, 2.75) is 98.7 Å². The zero-order chi connectivity index (χ0) is 36.4. The molecule has 0 fully saturated rings. The minimum Gasteiger partial charge on any atom is -0.485 e. The number of rotatable bonds is 4. The molecule has 0 spiro atoms. The molecule has 50 heavy (non-hydrogen) atoms. The lowest BCUT2D eigenvalue weighted by Gasteiger charge is -2.46. The molecule has 3 unspecified atom stereocenters. The van der Waals surface area contributed by atoms with Crippen molar-refractivity contribution in [3.63, 3.8) is 0 Å². The van der Waals surface area contributed by atoms with Crippen molar-refractivity contribution in [2.24, 2.45) is 20.0 Å². The first-order chi connectivity index (χ1) is 23.8. The normalized spacial score (nSPS) is 22.9. The molecular formula is C38H56N10O2. The van der Waals surface area contributed by atoms with Crippen molar-refractivity contribution in [3.05, 3.63) is 65.3 Å². The third-order valence-corrected chi connectivity index (χ3v) is 9.30. The number of hydrogen-bond acceptors (Lipinski definition) is 11. The molecule has 6 heterocycles. The molecule has 1 aromatic heterocycles. The van der Waals surface area contributed by atoms with Gasteiger partial charge in [0.2, 0.25) is 0 Å². The maximum Gasteiger partial charge on any atom is 0.187 e. The number of amidine groups is 4. The molecule has 5 aliphatic heterocycles. The van der Waals surface area contributed by atoms with E-state index in [1.54, 1.807) is 12.3 Å².